The molecule has 0 rings (SSSR count). The van der Waals surface area contributed by atoms with Gasteiger partial charge in [0, 0.05) is 13.2 Å². The topological polar surface area (TPSA) is 54.0 Å². The Morgan fingerprint density at radius 3 is 2.12 bits per heavy atom. The summed E-state index contributed by atoms with van der Waals surface area (Å²) in [5, 5.41) is -1.54. The summed E-state index contributed by atoms with van der Waals surface area (Å²) in [5.74, 6) is -0.621. The Labute approximate surface area is 104 Å². The van der Waals surface area contributed by atoms with Crippen molar-refractivity contribution in [3.8, 4) is 0 Å². The van der Waals surface area contributed by atoms with Crippen LogP contribution in [0.1, 0.15) is 20.8 Å². The third-order valence-corrected chi connectivity index (χ3v) is 2.53. The lowest BCUT2D eigenvalue weighted by Gasteiger charge is -2.28. The fourth-order valence-electron chi connectivity index (χ4n) is 0.912. The summed E-state index contributed by atoms with van der Waals surface area (Å²) in [5.41, 5.74) is 0. The largest absolute Gasteiger partial charge is 0.466 e. The van der Waals surface area contributed by atoms with Gasteiger partial charge in [-0.2, -0.15) is 0 Å². The Balaban J connectivity index is 4.68. The van der Waals surface area contributed by atoms with Crippen LogP contribution in [-0.4, -0.2) is 47.4 Å². The van der Waals surface area contributed by atoms with Gasteiger partial charge in [-0.05, 0) is 20.8 Å². The van der Waals surface area contributed by atoms with Gasteiger partial charge in [0.1, 0.15) is 0 Å². The Kier molecular flexibility index (Phi) is 8.95. The number of carbonyl (C=O) groups is 1. The van der Waals surface area contributed by atoms with Crippen LogP contribution in [0.2, 0.25) is 0 Å². The lowest BCUT2D eigenvalue weighted by Crippen LogP contribution is -2.43. The number of ether oxygens (including phenoxy) is 3. The monoisotopic (exact) mass is 265 g/mol. The number of rotatable bonds is 9. The molecule has 0 N–H and O–H groups in total. The molecule has 0 saturated heterocycles. The van der Waals surface area contributed by atoms with Crippen molar-refractivity contribution in [3.05, 3.63) is 0 Å². The van der Waals surface area contributed by atoms with E-state index in [2.05, 4.69) is 10.2 Å². The third kappa shape index (κ3) is 4.83. The van der Waals surface area contributed by atoms with Gasteiger partial charge in [-0.3, -0.25) is 0 Å². The van der Waals surface area contributed by atoms with Crippen LogP contribution in [0.4, 0.5) is 0 Å². The van der Waals surface area contributed by atoms with Crippen molar-refractivity contribution in [1.82, 2.24) is 0 Å². The highest BCUT2D eigenvalue weighted by Crippen LogP contribution is 2.31. The first kappa shape index (κ1) is 15.9. The zero-order valence-electron chi connectivity index (χ0n) is 9.78. The minimum atomic E-state index is -1.54. The summed E-state index contributed by atoms with van der Waals surface area (Å²) in [4.78, 5) is 11.7. The predicted octanol–water partition coefficient (Wildman–Crippen LogP) is 1.07. The van der Waals surface area contributed by atoms with Crippen molar-refractivity contribution in [2.24, 2.45) is 0 Å². The van der Waals surface area contributed by atoms with Gasteiger partial charge in [-0.1, -0.05) is 0 Å². The van der Waals surface area contributed by atoms with Crippen LogP contribution in [0.25, 0.3) is 0 Å². The molecule has 5 nitrogen and oxygen atoms in total. The Morgan fingerprint density at radius 2 is 1.75 bits per heavy atom. The summed E-state index contributed by atoms with van der Waals surface area (Å²) >= 11 is 0.826. The predicted molar refractivity (Wildman–Crippen MR) is 61.9 cm³/mol. The zero-order chi connectivity index (χ0) is 12.4. The molecule has 16 heavy (non-hydrogen) atoms. The van der Waals surface area contributed by atoms with Crippen molar-refractivity contribution in [2.45, 2.75) is 25.9 Å². The third-order valence-electron chi connectivity index (χ3n) is 1.41. The molecule has 0 aromatic rings. The minimum Gasteiger partial charge on any atom is -0.466 e. The second kappa shape index (κ2) is 9.00. The molecule has 0 aliphatic carbocycles. The van der Waals surface area contributed by atoms with E-state index in [0.29, 0.717) is 19.8 Å². The van der Waals surface area contributed by atoms with E-state index in [4.69, 9.17) is 18.4 Å². The molecular weight excluding hydrogens is 248 g/mol. The molecule has 0 bridgehead atoms. The Morgan fingerprint density at radius 1 is 1.19 bits per heavy atom. The molecule has 93 valence electrons. The quantitative estimate of drug-likeness (QED) is 0.269. The Bertz CT molecular complexity index is 196. The summed E-state index contributed by atoms with van der Waals surface area (Å²) in [6, 6.07) is 0. The first-order valence-electron chi connectivity index (χ1n) is 5.07. The van der Waals surface area contributed by atoms with Crippen LogP contribution in [0.5, 0.6) is 0 Å². The van der Waals surface area contributed by atoms with Crippen molar-refractivity contribution in [2.75, 3.05) is 26.1 Å². The number of hydrogen-bond acceptors (Lipinski definition) is 6. The number of hydrogen-bond donors (Lipinski definition) is 0. The summed E-state index contributed by atoms with van der Waals surface area (Å²) in [7, 11) is 3.06. The number of esters is 1. The second-order valence-corrected chi connectivity index (χ2v) is 3.72. The second-order valence-electron chi connectivity index (χ2n) is 2.49. The molecule has 0 aromatic carbocycles. The van der Waals surface area contributed by atoms with E-state index in [1.807, 2.05) is 6.92 Å². The van der Waals surface area contributed by atoms with Crippen molar-refractivity contribution in [1.29, 1.82) is 0 Å². The number of carbonyl (C=O) groups excluding carboxylic acids is 1. The fraction of sp³-hybridized carbons (Fsp3) is 0.889. The molecular formula is C9H17O5SSi. The molecule has 0 aliphatic rings. The van der Waals surface area contributed by atoms with E-state index in [-0.39, 0.29) is 6.23 Å². The van der Waals surface area contributed by atoms with Crippen LogP contribution in [0, 0.1) is 0 Å². The van der Waals surface area contributed by atoms with E-state index in [0.717, 1.165) is 12.0 Å². The normalized spacial score (nSPS) is 11.5. The van der Waals surface area contributed by atoms with Crippen molar-refractivity contribution in [3.63, 3.8) is 0 Å². The molecule has 0 fully saturated rings. The summed E-state index contributed by atoms with van der Waals surface area (Å²) in [6.45, 7) is 6.41. The lowest BCUT2D eigenvalue weighted by molar-refractivity contribution is -0.206. The van der Waals surface area contributed by atoms with Crippen molar-refractivity contribution >= 4 is 28.3 Å². The molecule has 3 radical (unpaired) electrons. The lowest BCUT2D eigenvalue weighted by atomic mass is 10.6. The van der Waals surface area contributed by atoms with Gasteiger partial charge in [0.05, 0.1) is 35.1 Å². The van der Waals surface area contributed by atoms with Crippen LogP contribution in [0.15, 0.2) is 0 Å². The highest BCUT2D eigenvalue weighted by atomic mass is 32.2. The molecule has 0 spiro atoms. The minimum absolute atomic E-state index is 0.0768. The fourth-order valence-corrected chi connectivity index (χ4v) is 1.78. The molecule has 0 aromatic heterocycles. The SMILES string of the molecule is CCOSC(OCC)(OCC)C(=O)OC[Si]. The van der Waals surface area contributed by atoms with Crippen molar-refractivity contribution < 1.29 is 23.2 Å². The maximum absolute atomic E-state index is 11.7. The van der Waals surface area contributed by atoms with Gasteiger partial charge in [-0.15, -0.1) is 0 Å². The zero-order valence-corrected chi connectivity index (χ0v) is 11.6. The van der Waals surface area contributed by atoms with Crippen LogP contribution >= 0.6 is 12.0 Å². The highest BCUT2D eigenvalue weighted by Gasteiger charge is 2.44. The van der Waals surface area contributed by atoms with E-state index in [1.54, 1.807) is 13.8 Å². The maximum Gasteiger partial charge on any atom is 0.380 e. The average molecular weight is 265 g/mol. The highest BCUT2D eigenvalue weighted by molar-refractivity contribution is 7.96. The maximum atomic E-state index is 11.7. The van der Waals surface area contributed by atoms with Gasteiger partial charge in [-0.25, -0.2) is 4.79 Å². The molecule has 0 aliphatic heterocycles. The molecule has 0 amide bonds. The molecule has 0 atom stereocenters. The first-order valence-corrected chi connectivity index (χ1v) is 6.52. The van der Waals surface area contributed by atoms with E-state index < -0.39 is 11.1 Å². The summed E-state index contributed by atoms with van der Waals surface area (Å²) in [6.07, 6.45) is 0.0768. The molecule has 0 unspecified atom stereocenters. The van der Waals surface area contributed by atoms with Gasteiger partial charge in [0.25, 0.3) is 0 Å². The van der Waals surface area contributed by atoms with Gasteiger partial charge in [0.2, 0.25) is 0 Å². The van der Waals surface area contributed by atoms with E-state index in [1.165, 1.54) is 0 Å². The first-order chi connectivity index (χ1) is 7.66. The van der Waals surface area contributed by atoms with Crippen LogP contribution in [-0.2, 0) is 23.2 Å². The standard InChI is InChI=1S/C9H17O5SSi/c1-4-12-9(13-5-2,15-14-6-3)8(10)11-7-16/h4-7H2,1-3H3. The van der Waals surface area contributed by atoms with E-state index in [9.17, 15) is 4.79 Å². The van der Waals surface area contributed by atoms with Gasteiger partial charge in [0.15, 0.2) is 0 Å². The molecule has 0 heterocycles. The molecule has 0 saturated carbocycles. The smallest absolute Gasteiger partial charge is 0.380 e. The van der Waals surface area contributed by atoms with E-state index >= 15 is 0 Å². The molecule has 7 heteroatoms. The van der Waals surface area contributed by atoms with Crippen LogP contribution in [0.3, 0.4) is 0 Å². The average Bonchev–Trinajstić information content (AvgIpc) is 2.27. The van der Waals surface area contributed by atoms with Gasteiger partial charge >= 0.3 is 11.1 Å². The summed E-state index contributed by atoms with van der Waals surface area (Å²) < 4.78 is 20.6. The van der Waals surface area contributed by atoms with Gasteiger partial charge < -0.3 is 18.4 Å². The van der Waals surface area contributed by atoms with Crippen LogP contribution < -0.4 is 0 Å². The Hall–Kier alpha value is -0.0831.